The van der Waals surface area contributed by atoms with Crippen molar-refractivity contribution in [3.05, 3.63) is 0 Å². The van der Waals surface area contributed by atoms with E-state index in [1.807, 2.05) is 0 Å². The van der Waals surface area contributed by atoms with Crippen molar-refractivity contribution in [2.75, 3.05) is 0 Å². The highest BCUT2D eigenvalue weighted by Gasteiger charge is 1.92. The summed E-state index contributed by atoms with van der Waals surface area (Å²) in [6, 6.07) is 0. The van der Waals surface area contributed by atoms with Crippen LogP contribution in [0.2, 0.25) is 6.32 Å². The van der Waals surface area contributed by atoms with Gasteiger partial charge >= 0.3 is 0 Å². The largest absolute Gasteiger partial charge is 0.0862 e. The molecule has 1 atom stereocenters. The molecule has 7 heavy (non-hydrogen) atoms. The van der Waals surface area contributed by atoms with E-state index in [-0.39, 0.29) is 0 Å². The van der Waals surface area contributed by atoms with Gasteiger partial charge in [-0.3, -0.25) is 0 Å². The lowest BCUT2D eigenvalue weighted by molar-refractivity contribution is 0.576. The third-order valence-corrected chi connectivity index (χ3v) is 1.18. The second kappa shape index (κ2) is 4.23. The van der Waals surface area contributed by atoms with Gasteiger partial charge in [0.15, 0.2) is 0 Å². The SMILES string of the molecule is [B]CC(C)CCC. The summed E-state index contributed by atoms with van der Waals surface area (Å²) in [5, 5.41) is 0. The zero-order valence-electron chi connectivity index (χ0n) is 5.28. The number of rotatable bonds is 3. The van der Waals surface area contributed by atoms with Gasteiger partial charge in [0, 0.05) is 0 Å². The second-order valence-corrected chi connectivity index (χ2v) is 2.13. The van der Waals surface area contributed by atoms with E-state index in [1.54, 1.807) is 0 Å². The zero-order chi connectivity index (χ0) is 5.70. The molecule has 0 N–H and O–H groups in total. The highest BCUT2D eigenvalue weighted by Crippen LogP contribution is 2.06. The van der Waals surface area contributed by atoms with Crippen LogP contribution < -0.4 is 0 Å². The number of hydrogen-bond acceptors (Lipinski definition) is 0. The van der Waals surface area contributed by atoms with Gasteiger partial charge in [-0.1, -0.05) is 38.9 Å². The van der Waals surface area contributed by atoms with Crippen LogP contribution in [0.1, 0.15) is 26.7 Å². The van der Waals surface area contributed by atoms with Gasteiger partial charge in [0.1, 0.15) is 0 Å². The first-order valence-electron chi connectivity index (χ1n) is 3.01. The van der Waals surface area contributed by atoms with Gasteiger partial charge < -0.3 is 0 Å². The van der Waals surface area contributed by atoms with Crippen LogP contribution in [0.5, 0.6) is 0 Å². The maximum absolute atomic E-state index is 5.36. The van der Waals surface area contributed by atoms with Crippen LogP contribution in [0, 0.1) is 5.92 Å². The minimum Gasteiger partial charge on any atom is -0.0862 e. The Morgan fingerprint density at radius 2 is 2.14 bits per heavy atom. The Morgan fingerprint density at radius 3 is 2.29 bits per heavy atom. The van der Waals surface area contributed by atoms with Gasteiger partial charge in [-0.25, -0.2) is 0 Å². The quantitative estimate of drug-likeness (QED) is 0.471. The predicted octanol–water partition coefficient (Wildman–Crippen LogP) is 2.01. The molecule has 0 amide bonds. The van der Waals surface area contributed by atoms with Crippen LogP contribution in [-0.2, 0) is 0 Å². The topological polar surface area (TPSA) is 0 Å². The van der Waals surface area contributed by atoms with E-state index in [9.17, 15) is 0 Å². The van der Waals surface area contributed by atoms with E-state index in [4.69, 9.17) is 7.85 Å². The van der Waals surface area contributed by atoms with Gasteiger partial charge in [-0.2, -0.15) is 0 Å². The minimum atomic E-state index is 0.727. The summed E-state index contributed by atoms with van der Waals surface area (Å²) in [5.74, 6) is 0.727. The molecule has 0 saturated heterocycles. The fraction of sp³-hybridized carbons (Fsp3) is 1.00. The molecule has 0 nitrogen and oxygen atoms in total. The van der Waals surface area contributed by atoms with Gasteiger partial charge in [0.05, 0.1) is 7.85 Å². The van der Waals surface area contributed by atoms with Crippen LogP contribution >= 0.6 is 0 Å². The molecule has 1 heteroatoms. The molecule has 0 aliphatic carbocycles. The maximum atomic E-state index is 5.36. The Labute approximate surface area is 47.7 Å². The lowest BCUT2D eigenvalue weighted by Crippen LogP contribution is -1.90. The van der Waals surface area contributed by atoms with Crippen LogP contribution in [0.15, 0.2) is 0 Å². The first kappa shape index (κ1) is 7.06. The summed E-state index contributed by atoms with van der Waals surface area (Å²) in [5.41, 5.74) is 0. The smallest absolute Gasteiger partial charge is 0.0656 e. The molecule has 0 fully saturated rings. The fourth-order valence-corrected chi connectivity index (χ4v) is 0.611. The lowest BCUT2D eigenvalue weighted by Gasteiger charge is -2.02. The molecule has 1 unspecified atom stereocenters. The van der Waals surface area contributed by atoms with E-state index in [0.717, 1.165) is 12.2 Å². The van der Waals surface area contributed by atoms with E-state index in [1.165, 1.54) is 12.8 Å². The summed E-state index contributed by atoms with van der Waals surface area (Å²) in [6.07, 6.45) is 3.38. The molecule has 0 aliphatic heterocycles. The highest BCUT2D eigenvalue weighted by atomic mass is 14.0. The fourth-order valence-electron chi connectivity index (χ4n) is 0.611. The summed E-state index contributed by atoms with van der Waals surface area (Å²) >= 11 is 0. The molecule has 0 heterocycles. The number of hydrogen-bond donors (Lipinski definition) is 0. The lowest BCUT2D eigenvalue weighted by atomic mass is 9.90. The maximum Gasteiger partial charge on any atom is 0.0656 e. The Kier molecular flexibility index (Phi) is 4.27. The van der Waals surface area contributed by atoms with Crippen molar-refractivity contribution in [1.82, 2.24) is 0 Å². The van der Waals surface area contributed by atoms with Gasteiger partial charge in [-0.05, 0) is 0 Å². The van der Waals surface area contributed by atoms with Crippen LogP contribution in [-0.4, -0.2) is 7.85 Å². The third kappa shape index (κ3) is 3.91. The normalized spacial score (nSPS) is 14.0. The van der Waals surface area contributed by atoms with Gasteiger partial charge in [0.25, 0.3) is 0 Å². The van der Waals surface area contributed by atoms with Crippen molar-refractivity contribution in [3.8, 4) is 0 Å². The predicted molar refractivity (Wildman–Crippen MR) is 34.6 cm³/mol. The highest BCUT2D eigenvalue weighted by molar-refractivity contribution is 6.08. The molecule has 0 aromatic rings. The first-order valence-corrected chi connectivity index (χ1v) is 3.01. The van der Waals surface area contributed by atoms with Crippen molar-refractivity contribution in [1.29, 1.82) is 0 Å². The molecule has 40 valence electrons. The molecule has 0 aliphatic rings. The van der Waals surface area contributed by atoms with Crippen molar-refractivity contribution in [2.24, 2.45) is 5.92 Å². The molecule has 0 aromatic carbocycles. The molecule has 0 aromatic heterocycles. The van der Waals surface area contributed by atoms with Crippen molar-refractivity contribution < 1.29 is 0 Å². The summed E-state index contributed by atoms with van der Waals surface area (Å²) in [7, 11) is 5.36. The summed E-state index contributed by atoms with van der Waals surface area (Å²) in [6.45, 7) is 4.37. The van der Waals surface area contributed by atoms with Crippen LogP contribution in [0.3, 0.4) is 0 Å². The summed E-state index contributed by atoms with van der Waals surface area (Å²) in [4.78, 5) is 0. The Morgan fingerprint density at radius 1 is 1.57 bits per heavy atom. The van der Waals surface area contributed by atoms with Gasteiger partial charge in [-0.15, -0.1) is 0 Å². The van der Waals surface area contributed by atoms with Crippen LogP contribution in [0.25, 0.3) is 0 Å². The molecule has 0 saturated carbocycles. The molecule has 0 spiro atoms. The van der Waals surface area contributed by atoms with Gasteiger partial charge in [0.2, 0.25) is 0 Å². The Bertz CT molecular complexity index is 35.2. The average molecular weight is 96.0 g/mol. The Hall–Kier alpha value is 0.0649. The van der Waals surface area contributed by atoms with E-state index < -0.39 is 0 Å². The second-order valence-electron chi connectivity index (χ2n) is 2.13. The van der Waals surface area contributed by atoms with E-state index >= 15 is 0 Å². The minimum absolute atomic E-state index is 0.727. The molecule has 2 radical (unpaired) electrons. The van der Waals surface area contributed by atoms with E-state index in [0.29, 0.717) is 0 Å². The average Bonchev–Trinajstić information content (AvgIpc) is 1.68. The van der Waals surface area contributed by atoms with E-state index in [2.05, 4.69) is 13.8 Å². The molecular weight excluding hydrogens is 82.9 g/mol. The monoisotopic (exact) mass is 96.1 g/mol. The van der Waals surface area contributed by atoms with Crippen molar-refractivity contribution >= 4 is 7.85 Å². The Balaban J connectivity index is 2.83. The van der Waals surface area contributed by atoms with Crippen molar-refractivity contribution in [2.45, 2.75) is 33.0 Å². The zero-order valence-corrected chi connectivity index (χ0v) is 5.28. The third-order valence-electron chi connectivity index (χ3n) is 1.18. The first-order chi connectivity index (χ1) is 3.31. The molecule has 0 bridgehead atoms. The summed E-state index contributed by atoms with van der Waals surface area (Å²) < 4.78 is 0. The molecular formula is C6H13B. The van der Waals surface area contributed by atoms with Crippen molar-refractivity contribution in [3.63, 3.8) is 0 Å². The van der Waals surface area contributed by atoms with Crippen LogP contribution in [0.4, 0.5) is 0 Å². The molecule has 0 rings (SSSR count). The standard InChI is InChI=1S/C6H13B/c1-3-4-6(2)5-7/h6H,3-5H2,1-2H3.